The van der Waals surface area contributed by atoms with Crippen LogP contribution in [0.25, 0.3) is 0 Å². The number of benzene rings is 1. The van der Waals surface area contributed by atoms with Gasteiger partial charge in [0.15, 0.2) is 0 Å². The third-order valence-corrected chi connectivity index (χ3v) is 4.68. The van der Waals surface area contributed by atoms with Gasteiger partial charge >= 0.3 is 5.97 Å². The van der Waals surface area contributed by atoms with Crippen molar-refractivity contribution in [2.45, 2.75) is 25.8 Å². The first kappa shape index (κ1) is 19.9. The Kier molecular flexibility index (Phi) is 6.74. The average molecular weight is 361 g/mol. The number of hydrogen-bond acceptors (Lipinski definition) is 4. The van der Waals surface area contributed by atoms with Crippen molar-refractivity contribution in [2.24, 2.45) is 0 Å². The predicted octanol–water partition coefficient (Wildman–Crippen LogP) is 0.997. The normalized spacial score (nSPS) is 16.3. The fourth-order valence-electron chi connectivity index (χ4n) is 3.32. The second-order valence-corrected chi connectivity index (χ2v) is 6.89. The van der Waals surface area contributed by atoms with E-state index in [-0.39, 0.29) is 30.8 Å². The minimum atomic E-state index is -1.04. The van der Waals surface area contributed by atoms with Crippen molar-refractivity contribution in [3.05, 3.63) is 35.4 Å². The van der Waals surface area contributed by atoms with E-state index in [4.69, 9.17) is 5.11 Å². The molecule has 0 bridgehead atoms. The number of likely N-dealkylation sites (N-methyl/N-ethyl adjacent to an activating group) is 1. The number of aliphatic carboxylic acids is 1. The summed E-state index contributed by atoms with van der Waals surface area (Å²) in [6, 6.07) is 7.48. The number of carbonyl (C=O) groups excluding carboxylic acids is 2. The van der Waals surface area contributed by atoms with Gasteiger partial charge in [0.2, 0.25) is 11.8 Å². The van der Waals surface area contributed by atoms with Crippen molar-refractivity contribution in [3.8, 4) is 0 Å². The van der Waals surface area contributed by atoms with Gasteiger partial charge in [-0.2, -0.15) is 0 Å². The highest BCUT2D eigenvalue weighted by atomic mass is 16.4. The lowest BCUT2D eigenvalue weighted by Gasteiger charge is -2.37. The highest BCUT2D eigenvalue weighted by molar-refractivity contribution is 5.83. The molecule has 0 radical (unpaired) electrons. The number of fused-ring (bicyclic) bond motifs is 1. The maximum atomic E-state index is 12.8. The zero-order valence-corrected chi connectivity index (χ0v) is 15.6. The monoisotopic (exact) mass is 361 g/mol. The summed E-state index contributed by atoms with van der Waals surface area (Å²) in [6.45, 7) is 2.66. The average Bonchev–Trinajstić information content (AvgIpc) is 2.58. The standard InChI is InChI=1S/C19H27N3O4/c1-14(23)22-9-8-15-6-4-5-7-16(15)17(22)12-18(24)21(13-19(25)26)11-10-20(2)3/h4-7,17H,8-13H2,1-3H3,(H,25,26)/t17-/m1/s1. The largest absolute Gasteiger partial charge is 0.480 e. The van der Waals surface area contributed by atoms with Crippen molar-refractivity contribution >= 4 is 17.8 Å². The van der Waals surface area contributed by atoms with Crippen molar-refractivity contribution in [3.63, 3.8) is 0 Å². The van der Waals surface area contributed by atoms with Crippen LogP contribution in [-0.4, -0.2) is 77.9 Å². The summed E-state index contributed by atoms with van der Waals surface area (Å²) in [6.07, 6.45) is 0.858. The number of nitrogens with zero attached hydrogens (tertiary/aromatic N) is 3. The lowest BCUT2D eigenvalue weighted by molar-refractivity contribution is -0.146. The smallest absolute Gasteiger partial charge is 0.323 e. The predicted molar refractivity (Wildman–Crippen MR) is 97.7 cm³/mol. The molecule has 1 aliphatic heterocycles. The quantitative estimate of drug-likeness (QED) is 0.784. The summed E-state index contributed by atoms with van der Waals surface area (Å²) < 4.78 is 0. The van der Waals surface area contributed by atoms with Crippen molar-refractivity contribution in [1.82, 2.24) is 14.7 Å². The molecule has 1 aromatic carbocycles. The molecule has 26 heavy (non-hydrogen) atoms. The zero-order valence-electron chi connectivity index (χ0n) is 15.6. The van der Waals surface area contributed by atoms with Crippen LogP contribution in [0.3, 0.4) is 0 Å². The molecule has 2 amide bonds. The van der Waals surface area contributed by atoms with E-state index in [1.165, 1.54) is 11.8 Å². The summed E-state index contributed by atoms with van der Waals surface area (Å²) in [5, 5.41) is 9.13. The minimum Gasteiger partial charge on any atom is -0.480 e. The third kappa shape index (κ3) is 5.05. The molecule has 1 atom stereocenters. The minimum absolute atomic E-state index is 0.0737. The third-order valence-electron chi connectivity index (χ3n) is 4.68. The summed E-state index contributed by atoms with van der Waals surface area (Å²) in [5.41, 5.74) is 2.12. The molecule has 1 aromatic rings. The SMILES string of the molecule is CC(=O)N1CCc2ccccc2[C@H]1CC(=O)N(CCN(C)C)CC(=O)O. The molecule has 1 aliphatic rings. The van der Waals surface area contributed by atoms with Crippen LogP contribution in [0.4, 0.5) is 0 Å². The van der Waals surface area contributed by atoms with Crippen molar-refractivity contribution < 1.29 is 19.5 Å². The van der Waals surface area contributed by atoms with Gasteiger partial charge in [-0.25, -0.2) is 0 Å². The molecule has 0 saturated heterocycles. The van der Waals surface area contributed by atoms with Gasteiger partial charge in [-0.05, 0) is 31.6 Å². The summed E-state index contributed by atoms with van der Waals surface area (Å²) in [7, 11) is 3.75. The van der Waals surface area contributed by atoms with Gasteiger partial charge in [-0.3, -0.25) is 14.4 Å². The summed E-state index contributed by atoms with van der Waals surface area (Å²) in [4.78, 5) is 41.0. The van der Waals surface area contributed by atoms with Crippen LogP contribution < -0.4 is 0 Å². The van der Waals surface area contributed by atoms with E-state index >= 15 is 0 Å². The fraction of sp³-hybridized carbons (Fsp3) is 0.526. The van der Waals surface area contributed by atoms with Crippen LogP contribution in [-0.2, 0) is 20.8 Å². The van der Waals surface area contributed by atoms with Gasteiger partial charge in [0.25, 0.3) is 0 Å². The molecule has 0 aromatic heterocycles. The van der Waals surface area contributed by atoms with Gasteiger partial charge in [-0.15, -0.1) is 0 Å². The van der Waals surface area contributed by atoms with E-state index in [0.29, 0.717) is 19.6 Å². The van der Waals surface area contributed by atoms with Gasteiger partial charge in [0, 0.05) is 26.6 Å². The first-order valence-corrected chi connectivity index (χ1v) is 8.79. The van der Waals surface area contributed by atoms with Crippen LogP contribution >= 0.6 is 0 Å². The molecule has 7 heteroatoms. The van der Waals surface area contributed by atoms with E-state index in [2.05, 4.69) is 0 Å². The van der Waals surface area contributed by atoms with E-state index in [9.17, 15) is 14.4 Å². The molecule has 0 aliphatic carbocycles. The Balaban J connectivity index is 2.21. The molecule has 2 rings (SSSR count). The molecule has 0 unspecified atom stereocenters. The second kappa shape index (κ2) is 8.80. The molecule has 1 N–H and O–H groups in total. The molecule has 7 nitrogen and oxygen atoms in total. The summed E-state index contributed by atoms with van der Waals surface area (Å²) in [5.74, 6) is -1.36. The number of carboxylic acid groups (broad SMARTS) is 1. The van der Waals surface area contributed by atoms with Gasteiger partial charge in [0.05, 0.1) is 12.5 Å². The van der Waals surface area contributed by atoms with Crippen molar-refractivity contribution in [1.29, 1.82) is 0 Å². The van der Waals surface area contributed by atoms with Crippen LogP contribution in [0, 0.1) is 0 Å². The Morgan fingerprint density at radius 2 is 1.88 bits per heavy atom. The Bertz CT molecular complexity index is 675. The maximum Gasteiger partial charge on any atom is 0.323 e. The maximum absolute atomic E-state index is 12.8. The first-order valence-electron chi connectivity index (χ1n) is 8.79. The molecule has 0 saturated carbocycles. The lowest BCUT2D eigenvalue weighted by Crippen LogP contribution is -2.44. The number of hydrogen-bond donors (Lipinski definition) is 1. The van der Waals surface area contributed by atoms with E-state index in [1.54, 1.807) is 4.90 Å². The first-order chi connectivity index (χ1) is 12.3. The summed E-state index contributed by atoms with van der Waals surface area (Å²) >= 11 is 0. The number of rotatable bonds is 7. The Hall–Kier alpha value is -2.41. The zero-order chi connectivity index (χ0) is 19.3. The molecule has 0 spiro atoms. The Morgan fingerprint density at radius 1 is 1.19 bits per heavy atom. The van der Waals surface area contributed by atoms with E-state index in [0.717, 1.165) is 17.5 Å². The number of carbonyl (C=O) groups is 3. The highest BCUT2D eigenvalue weighted by Gasteiger charge is 2.32. The van der Waals surface area contributed by atoms with Gasteiger partial charge in [0.1, 0.15) is 6.54 Å². The van der Waals surface area contributed by atoms with Crippen LogP contribution in [0.2, 0.25) is 0 Å². The molecular weight excluding hydrogens is 334 g/mol. The van der Waals surface area contributed by atoms with Crippen LogP contribution in [0.15, 0.2) is 24.3 Å². The highest BCUT2D eigenvalue weighted by Crippen LogP contribution is 2.32. The van der Waals surface area contributed by atoms with E-state index in [1.807, 2.05) is 43.3 Å². The van der Waals surface area contributed by atoms with Gasteiger partial charge in [-0.1, -0.05) is 24.3 Å². The lowest BCUT2D eigenvalue weighted by atomic mass is 9.90. The molecular formula is C19H27N3O4. The second-order valence-electron chi connectivity index (χ2n) is 6.89. The molecule has 1 heterocycles. The Labute approximate surface area is 154 Å². The Morgan fingerprint density at radius 3 is 2.50 bits per heavy atom. The van der Waals surface area contributed by atoms with Crippen molar-refractivity contribution in [2.75, 3.05) is 40.3 Å². The number of amides is 2. The molecule has 0 fully saturated rings. The number of carboxylic acids is 1. The molecule has 142 valence electrons. The van der Waals surface area contributed by atoms with Crippen LogP contribution in [0.1, 0.15) is 30.5 Å². The van der Waals surface area contributed by atoms with Crippen LogP contribution in [0.5, 0.6) is 0 Å². The van der Waals surface area contributed by atoms with E-state index < -0.39 is 5.97 Å². The van der Waals surface area contributed by atoms with Gasteiger partial charge < -0.3 is 19.8 Å². The fourth-order valence-corrected chi connectivity index (χ4v) is 3.32. The topological polar surface area (TPSA) is 81.2 Å².